The quantitative estimate of drug-likeness (QED) is 0.431. The number of anilines is 3. The van der Waals surface area contributed by atoms with Crippen molar-refractivity contribution in [2.45, 2.75) is 0 Å². The van der Waals surface area contributed by atoms with Gasteiger partial charge in [0.1, 0.15) is 18.0 Å². The minimum Gasteiger partial charge on any atom is -0.366 e. The molecule has 0 atom stereocenters. The van der Waals surface area contributed by atoms with E-state index < -0.39 is 22.3 Å². The summed E-state index contributed by atoms with van der Waals surface area (Å²) in [7, 11) is 0. The monoisotopic (exact) mass is 455 g/mol. The average Bonchev–Trinajstić information content (AvgIpc) is 2.83. The highest BCUT2D eigenvalue weighted by Gasteiger charge is 2.30. The van der Waals surface area contributed by atoms with Crippen LogP contribution in [0.15, 0.2) is 54.9 Å². The zero-order valence-corrected chi connectivity index (χ0v) is 17.2. The van der Waals surface area contributed by atoms with Gasteiger partial charge >= 0.3 is 5.69 Å². The minimum atomic E-state index is -0.818. The van der Waals surface area contributed by atoms with Crippen LogP contribution in [0.4, 0.5) is 31.8 Å². The van der Waals surface area contributed by atoms with Crippen LogP contribution < -0.4 is 20.7 Å². The molecule has 1 amide bonds. The maximum absolute atomic E-state index is 14.1. The Morgan fingerprint density at radius 3 is 2.24 bits per heavy atom. The van der Waals surface area contributed by atoms with Crippen molar-refractivity contribution in [3.05, 3.63) is 82.2 Å². The van der Waals surface area contributed by atoms with E-state index >= 15 is 0 Å². The van der Waals surface area contributed by atoms with Gasteiger partial charge in [0.05, 0.1) is 16.2 Å². The minimum absolute atomic E-state index is 0.0609. The van der Waals surface area contributed by atoms with Gasteiger partial charge in [-0.05, 0) is 24.3 Å². The third-order valence-electron chi connectivity index (χ3n) is 5.17. The standard InChI is InChI=1S/C21H19F2N7O3/c22-15-6-2-1-5-14(15)21(31)27-26-19-18(30(32)33)20(25-13-24-19)29-11-9-28(10-12-29)17-8-4-3-7-16(17)23/h1-8,13H,9-12H2,(H,27,31)(H,24,25,26). The second-order valence-corrected chi connectivity index (χ2v) is 7.14. The van der Waals surface area contributed by atoms with E-state index in [-0.39, 0.29) is 23.0 Å². The molecule has 12 heteroatoms. The second kappa shape index (κ2) is 9.42. The molecule has 0 unspecified atom stereocenters. The Morgan fingerprint density at radius 1 is 0.939 bits per heavy atom. The number of nitrogens with zero attached hydrogens (tertiary/aromatic N) is 5. The predicted molar refractivity (Wildman–Crippen MR) is 117 cm³/mol. The predicted octanol–water partition coefficient (Wildman–Crippen LogP) is 2.75. The van der Waals surface area contributed by atoms with Crippen molar-refractivity contribution in [3.8, 4) is 0 Å². The first-order valence-corrected chi connectivity index (χ1v) is 10.0. The average molecular weight is 455 g/mol. The van der Waals surface area contributed by atoms with Gasteiger partial charge in [0.2, 0.25) is 11.6 Å². The number of carbonyl (C=O) groups excluding carboxylic acids is 1. The molecule has 1 aromatic heterocycles. The van der Waals surface area contributed by atoms with Crippen LogP contribution >= 0.6 is 0 Å². The number of hydrogen-bond acceptors (Lipinski definition) is 8. The third kappa shape index (κ3) is 4.63. The number of hydrazine groups is 1. The van der Waals surface area contributed by atoms with Crippen LogP contribution in [0.5, 0.6) is 0 Å². The number of nitro groups is 1. The number of rotatable bonds is 6. The molecule has 0 spiro atoms. The summed E-state index contributed by atoms with van der Waals surface area (Å²) in [5, 5.41) is 11.8. The van der Waals surface area contributed by atoms with Gasteiger partial charge in [-0.3, -0.25) is 25.8 Å². The van der Waals surface area contributed by atoms with E-state index in [2.05, 4.69) is 20.8 Å². The van der Waals surface area contributed by atoms with E-state index in [1.54, 1.807) is 23.1 Å². The molecule has 2 heterocycles. The van der Waals surface area contributed by atoms with Crippen molar-refractivity contribution >= 4 is 28.9 Å². The number of piperazine rings is 1. The van der Waals surface area contributed by atoms with Gasteiger partial charge in [0.15, 0.2) is 0 Å². The first-order valence-electron chi connectivity index (χ1n) is 10.0. The largest absolute Gasteiger partial charge is 0.366 e. The second-order valence-electron chi connectivity index (χ2n) is 7.14. The summed E-state index contributed by atoms with van der Waals surface area (Å²) in [5.41, 5.74) is 4.42. The summed E-state index contributed by atoms with van der Waals surface area (Å²) in [4.78, 5) is 34.9. The smallest absolute Gasteiger partial charge is 0.355 e. The molecule has 1 fully saturated rings. The third-order valence-corrected chi connectivity index (χ3v) is 5.17. The molecular formula is C21H19F2N7O3. The zero-order chi connectivity index (χ0) is 23.4. The highest BCUT2D eigenvalue weighted by molar-refractivity contribution is 5.95. The SMILES string of the molecule is O=C(NNc1ncnc(N2CCN(c3ccccc3F)CC2)c1[N+](=O)[O-])c1ccccc1F. The summed E-state index contributed by atoms with van der Waals surface area (Å²) < 4.78 is 27.9. The number of carbonyl (C=O) groups is 1. The maximum atomic E-state index is 14.1. The number of para-hydroxylation sites is 1. The first-order chi connectivity index (χ1) is 16.0. The van der Waals surface area contributed by atoms with Crippen LogP contribution in [0.2, 0.25) is 0 Å². The fourth-order valence-electron chi connectivity index (χ4n) is 3.56. The van der Waals surface area contributed by atoms with Crippen molar-refractivity contribution < 1.29 is 18.5 Å². The highest BCUT2D eigenvalue weighted by Crippen LogP contribution is 2.32. The van der Waals surface area contributed by atoms with Crippen LogP contribution in [-0.2, 0) is 0 Å². The molecule has 2 N–H and O–H groups in total. The van der Waals surface area contributed by atoms with Crippen LogP contribution in [0, 0.1) is 21.7 Å². The molecule has 2 aromatic carbocycles. The Hall–Kier alpha value is -4.35. The van der Waals surface area contributed by atoms with E-state index in [4.69, 9.17) is 0 Å². The van der Waals surface area contributed by atoms with Gasteiger partial charge in [0, 0.05) is 26.2 Å². The lowest BCUT2D eigenvalue weighted by atomic mass is 10.2. The molecule has 0 bridgehead atoms. The van der Waals surface area contributed by atoms with E-state index in [0.29, 0.717) is 31.9 Å². The summed E-state index contributed by atoms with van der Waals surface area (Å²) in [5.74, 6) is -2.07. The van der Waals surface area contributed by atoms with E-state index in [1.807, 2.05) is 4.90 Å². The fourth-order valence-corrected chi connectivity index (χ4v) is 3.56. The Labute approximate surface area is 187 Å². The number of nitrogens with one attached hydrogen (secondary N) is 2. The number of aromatic nitrogens is 2. The molecule has 0 saturated carbocycles. The van der Waals surface area contributed by atoms with Crippen molar-refractivity contribution in [2.24, 2.45) is 0 Å². The molecule has 4 rings (SSSR count). The Morgan fingerprint density at radius 2 is 1.58 bits per heavy atom. The molecular weight excluding hydrogens is 436 g/mol. The van der Waals surface area contributed by atoms with E-state index in [0.717, 1.165) is 12.4 Å². The topological polar surface area (TPSA) is 117 Å². The first kappa shape index (κ1) is 21.9. The lowest BCUT2D eigenvalue weighted by Gasteiger charge is -2.36. The molecule has 1 aliphatic rings. The van der Waals surface area contributed by atoms with Crippen molar-refractivity contribution in [1.29, 1.82) is 0 Å². The maximum Gasteiger partial charge on any atom is 0.355 e. The number of halogens is 2. The summed E-state index contributed by atoms with van der Waals surface area (Å²) in [6, 6.07) is 11.7. The molecule has 0 aliphatic carbocycles. The molecule has 3 aromatic rings. The highest BCUT2D eigenvalue weighted by atomic mass is 19.1. The summed E-state index contributed by atoms with van der Waals surface area (Å²) in [6.45, 7) is 1.56. The molecule has 1 aliphatic heterocycles. The van der Waals surface area contributed by atoms with Crippen LogP contribution in [0.3, 0.4) is 0 Å². The van der Waals surface area contributed by atoms with Gasteiger partial charge < -0.3 is 9.80 Å². The van der Waals surface area contributed by atoms with Crippen LogP contribution in [0.25, 0.3) is 0 Å². The van der Waals surface area contributed by atoms with Gasteiger partial charge in [-0.2, -0.15) is 0 Å². The molecule has 0 radical (unpaired) electrons. The number of benzene rings is 2. The van der Waals surface area contributed by atoms with Gasteiger partial charge in [-0.1, -0.05) is 24.3 Å². The summed E-state index contributed by atoms with van der Waals surface area (Å²) >= 11 is 0. The molecule has 170 valence electrons. The van der Waals surface area contributed by atoms with Crippen LogP contribution in [-0.4, -0.2) is 47.0 Å². The summed E-state index contributed by atoms with van der Waals surface area (Å²) in [6.07, 6.45) is 1.13. The van der Waals surface area contributed by atoms with E-state index in [9.17, 15) is 23.7 Å². The molecule has 10 nitrogen and oxygen atoms in total. The van der Waals surface area contributed by atoms with E-state index in [1.165, 1.54) is 24.3 Å². The lowest BCUT2D eigenvalue weighted by Crippen LogP contribution is -2.47. The van der Waals surface area contributed by atoms with Crippen molar-refractivity contribution in [3.63, 3.8) is 0 Å². The molecule has 1 saturated heterocycles. The normalized spacial score (nSPS) is 13.5. The lowest BCUT2D eigenvalue weighted by molar-refractivity contribution is -0.383. The molecule has 33 heavy (non-hydrogen) atoms. The van der Waals surface area contributed by atoms with Crippen molar-refractivity contribution in [2.75, 3.05) is 41.4 Å². The Bertz CT molecular complexity index is 1190. The van der Waals surface area contributed by atoms with Gasteiger partial charge in [-0.25, -0.2) is 18.7 Å². The van der Waals surface area contributed by atoms with Gasteiger partial charge in [0.25, 0.3) is 5.91 Å². The Balaban J connectivity index is 1.50. The van der Waals surface area contributed by atoms with Gasteiger partial charge in [-0.15, -0.1) is 0 Å². The van der Waals surface area contributed by atoms with Crippen molar-refractivity contribution in [1.82, 2.24) is 15.4 Å². The number of hydrogen-bond donors (Lipinski definition) is 2. The Kier molecular flexibility index (Phi) is 6.24. The fraction of sp³-hybridized carbons (Fsp3) is 0.190. The zero-order valence-electron chi connectivity index (χ0n) is 17.2. The number of amides is 1. The van der Waals surface area contributed by atoms with Crippen LogP contribution in [0.1, 0.15) is 10.4 Å².